The number of nitrogens with one attached hydrogen (secondary N) is 1. The van der Waals surface area contributed by atoms with Gasteiger partial charge >= 0.3 is 0 Å². The van der Waals surface area contributed by atoms with Gasteiger partial charge in [0.1, 0.15) is 11.9 Å². The zero-order valence-corrected chi connectivity index (χ0v) is 8.62. The first-order valence-electron chi connectivity index (χ1n) is 5.28. The van der Waals surface area contributed by atoms with Crippen LogP contribution in [0.2, 0.25) is 0 Å². The van der Waals surface area contributed by atoms with Gasteiger partial charge in [0, 0.05) is 6.54 Å². The Morgan fingerprint density at radius 3 is 3.07 bits per heavy atom. The maximum Gasteiger partial charge on any atom is 0.120 e. The van der Waals surface area contributed by atoms with Gasteiger partial charge in [0.25, 0.3) is 0 Å². The Morgan fingerprint density at radius 1 is 1.43 bits per heavy atom. The molecule has 1 saturated heterocycles. The van der Waals surface area contributed by atoms with Gasteiger partial charge in [-0.05, 0) is 44.0 Å². The molecule has 0 spiro atoms. The molecule has 0 unspecified atom stereocenters. The number of rotatable bonds is 2. The van der Waals surface area contributed by atoms with Gasteiger partial charge in [0.2, 0.25) is 0 Å². The standard InChI is InChI=1S/C12H17NO/c1-10-4-2-5-11(8-10)14-12-6-3-7-13-9-12/h2,4-5,8,12-13H,3,6-7,9H2,1H3/t12-/m1/s1. The van der Waals surface area contributed by atoms with Crippen molar-refractivity contribution < 1.29 is 4.74 Å². The lowest BCUT2D eigenvalue weighted by Gasteiger charge is -2.24. The Kier molecular flexibility index (Phi) is 3.04. The van der Waals surface area contributed by atoms with E-state index in [0.29, 0.717) is 6.10 Å². The third-order valence-electron chi connectivity index (χ3n) is 2.54. The zero-order valence-electron chi connectivity index (χ0n) is 8.62. The van der Waals surface area contributed by atoms with Crippen LogP contribution in [0.4, 0.5) is 0 Å². The minimum atomic E-state index is 0.352. The fourth-order valence-corrected chi connectivity index (χ4v) is 1.80. The summed E-state index contributed by atoms with van der Waals surface area (Å²) in [5.74, 6) is 0.999. The third-order valence-corrected chi connectivity index (χ3v) is 2.54. The van der Waals surface area contributed by atoms with Gasteiger partial charge in [-0.15, -0.1) is 0 Å². The molecule has 0 amide bonds. The smallest absolute Gasteiger partial charge is 0.120 e. The summed E-state index contributed by atoms with van der Waals surface area (Å²) < 4.78 is 5.87. The van der Waals surface area contributed by atoms with Crippen LogP contribution >= 0.6 is 0 Å². The Labute approximate surface area is 85.3 Å². The van der Waals surface area contributed by atoms with E-state index in [0.717, 1.165) is 18.8 Å². The summed E-state index contributed by atoms with van der Waals surface area (Å²) in [6.45, 7) is 4.20. The largest absolute Gasteiger partial charge is 0.489 e. The number of hydrogen-bond acceptors (Lipinski definition) is 2. The number of piperidine rings is 1. The maximum atomic E-state index is 5.87. The van der Waals surface area contributed by atoms with Gasteiger partial charge in [-0.1, -0.05) is 12.1 Å². The molecule has 1 heterocycles. The van der Waals surface area contributed by atoms with Crippen molar-refractivity contribution in [1.82, 2.24) is 5.32 Å². The highest BCUT2D eigenvalue weighted by Gasteiger charge is 2.13. The molecule has 0 aromatic heterocycles. The molecule has 1 aliphatic rings. The van der Waals surface area contributed by atoms with Gasteiger partial charge in [-0.3, -0.25) is 0 Å². The van der Waals surface area contributed by atoms with E-state index in [9.17, 15) is 0 Å². The molecule has 1 N–H and O–H groups in total. The molecule has 0 saturated carbocycles. The van der Waals surface area contributed by atoms with Crippen molar-refractivity contribution in [2.45, 2.75) is 25.9 Å². The predicted octanol–water partition coefficient (Wildman–Crippen LogP) is 2.13. The van der Waals surface area contributed by atoms with Gasteiger partial charge in [-0.25, -0.2) is 0 Å². The molecule has 76 valence electrons. The molecule has 0 bridgehead atoms. The Balaban J connectivity index is 1.95. The molecule has 2 rings (SSSR count). The summed E-state index contributed by atoms with van der Waals surface area (Å²) in [6, 6.07) is 8.25. The first kappa shape index (κ1) is 9.53. The molecule has 0 aliphatic carbocycles. The van der Waals surface area contributed by atoms with Crippen LogP contribution in [-0.4, -0.2) is 19.2 Å². The number of hydrogen-bond donors (Lipinski definition) is 1. The van der Waals surface area contributed by atoms with Crippen molar-refractivity contribution in [2.24, 2.45) is 0 Å². The minimum absolute atomic E-state index is 0.352. The first-order chi connectivity index (χ1) is 6.84. The molecule has 14 heavy (non-hydrogen) atoms. The Hall–Kier alpha value is -1.02. The monoisotopic (exact) mass is 191 g/mol. The molecule has 1 aromatic carbocycles. The summed E-state index contributed by atoms with van der Waals surface area (Å²) >= 11 is 0. The molecular weight excluding hydrogens is 174 g/mol. The Morgan fingerprint density at radius 2 is 2.36 bits per heavy atom. The second-order valence-electron chi connectivity index (χ2n) is 3.90. The molecule has 1 aliphatic heterocycles. The number of benzene rings is 1. The fraction of sp³-hybridized carbons (Fsp3) is 0.500. The van der Waals surface area contributed by atoms with Crippen LogP contribution in [0, 0.1) is 6.92 Å². The van der Waals surface area contributed by atoms with E-state index in [2.05, 4.69) is 24.4 Å². The number of aryl methyl sites for hydroxylation is 1. The van der Waals surface area contributed by atoms with Gasteiger partial charge in [0.05, 0.1) is 0 Å². The van der Waals surface area contributed by atoms with E-state index in [1.807, 2.05) is 12.1 Å². The Bertz CT molecular complexity index is 292. The highest BCUT2D eigenvalue weighted by molar-refractivity contribution is 5.27. The zero-order chi connectivity index (χ0) is 9.80. The maximum absolute atomic E-state index is 5.87. The van der Waals surface area contributed by atoms with Crippen LogP contribution in [-0.2, 0) is 0 Å². The summed E-state index contributed by atoms with van der Waals surface area (Å²) in [7, 11) is 0. The number of ether oxygens (including phenoxy) is 1. The third kappa shape index (κ3) is 2.48. The van der Waals surface area contributed by atoms with E-state index in [1.54, 1.807) is 0 Å². The van der Waals surface area contributed by atoms with E-state index in [4.69, 9.17) is 4.74 Å². The van der Waals surface area contributed by atoms with Gasteiger partial charge in [0.15, 0.2) is 0 Å². The highest BCUT2D eigenvalue weighted by Crippen LogP contribution is 2.16. The normalized spacial score (nSPS) is 21.9. The van der Waals surface area contributed by atoms with Gasteiger partial charge in [-0.2, -0.15) is 0 Å². The average molecular weight is 191 g/mol. The minimum Gasteiger partial charge on any atom is -0.489 e. The lowest BCUT2D eigenvalue weighted by atomic mass is 10.1. The molecule has 1 atom stereocenters. The van der Waals surface area contributed by atoms with E-state index < -0.39 is 0 Å². The van der Waals surface area contributed by atoms with Crippen molar-refractivity contribution in [3.8, 4) is 5.75 Å². The molecule has 2 nitrogen and oxygen atoms in total. The average Bonchev–Trinajstić information content (AvgIpc) is 2.19. The van der Waals surface area contributed by atoms with Crippen LogP contribution in [0.25, 0.3) is 0 Å². The topological polar surface area (TPSA) is 21.3 Å². The van der Waals surface area contributed by atoms with Crippen molar-refractivity contribution in [3.05, 3.63) is 29.8 Å². The van der Waals surface area contributed by atoms with Crippen LogP contribution < -0.4 is 10.1 Å². The van der Waals surface area contributed by atoms with E-state index in [1.165, 1.54) is 18.4 Å². The highest BCUT2D eigenvalue weighted by atomic mass is 16.5. The van der Waals surface area contributed by atoms with E-state index >= 15 is 0 Å². The first-order valence-corrected chi connectivity index (χ1v) is 5.28. The SMILES string of the molecule is Cc1cccc(O[C@@H]2CCCNC2)c1. The van der Waals surface area contributed by atoms with Crippen molar-refractivity contribution >= 4 is 0 Å². The van der Waals surface area contributed by atoms with Crippen LogP contribution in [0.5, 0.6) is 5.75 Å². The summed E-state index contributed by atoms with van der Waals surface area (Å²) in [5, 5.41) is 3.34. The molecule has 1 aromatic rings. The van der Waals surface area contributed by atoms with E-state index in [-0.39, 0.29) is 0 Å². The predicted molar refractivity (Wildman–Crippen MR) is 57.7 cm³/mol. The fourth-order valence-electron chi connectivity index (χ4n) is 1.80. The van der Waals surface area contributed by atoms with Gasteiger partial charge < -0.3 is 10.1 Å². The molecule has 1 fully saturated rings. The lowest BCUT2D eigenvalue weighted by molar-refractivity contribution is 0.167. The second-order valence-corrected chi connectivity index (χ2v) is 3.90. The molecular formula is C12H17NO. The van der Waals surface area contributed by atoms with Crippen molar-refractivity contribution in [2.75, 3.05) is 13.1 Å². The lowest BCUT2D eigenvalue weighted by Crippen LogP contribution is -2.37. The van der Waals surface area contributed by atoms with Crippen LogP contribution in [0.3, 0.4) is 0 Å². The summed E-state index contributed by atoms with van der Waals surface area (Å²) in [5.41, 5.74) is 1.26. The van der Waals surface area contributed by atoms with Crippen LogP contribution in [0.1, 0.15) is 18.4 Å². The quantitative estimate of drug-likeness (QED) is 0.773. The van der Waals surface area contributed by atoms with Crippen molar-refractivity contribution in [1.29, 1.82) is 0 Å². The van der Waals surface area contributed by atoms with Crippen LogP contribution in [0.15, 0.2) is 24.3 Å². The van der Waals surface area contributed by atoms with Crippen molar-refractivity contribution in [3.63, 3.8) is 0 Å². The summed E-state index contributed by atoms with van der Waals surface area (Å²) in [6.07, 6.45) is 2.74. The summed E-state index contributed by atoms with van der Waals surface area (Å²) in [4.78, 5) is 0. The second kappa shape index (κ2) is 4.47. The molecule has 0 radical (unpaired) electrons. The molecule has 2 heteroatoms.